The molecule has 6 nitrogen and oxygen atoms in total. The zero-order valence-electron chi connectivity index (χ0n) is 11.6. The van der Waals surface area contributed by atoms with Gasteiger partial charge >= 0.3 is 5.97 Å². The number of benzene rings is 1. The predicted molar refractivity (Wildman–Crippen MR) is 77.1 cm³/mol. The van der Waals surface area contributed by atoms with Gasteiger partial charge in [0, 0.05) is 12.6 Å². The van der Waals surface area contributed by atoms with Gasteiger partial charge in [0.05, 0.1) is 5.69 Å². The number of hydrogen-bond acceptors (Lipinski definition) is 4. The van der Waals surface area contributed by atoms with Gasteiger partial charge < -0.3 is 9.52 Å². The summed E-state index contributed by atoms with van der Waals surface area (Å²) in [6.07, 6.45) is 0. The minimum absolute atomic E-state index is 0.0572. The highest BCUT2D eigenvalue weighted by atomic mass is 32.2. The SMILES string of the molecule is CCN(c1ccccc1)S(=O)(=O)c1cc(C(=O)O)oc1C. The van der Waals surface area contributed by atoms with E-state index in [0.29, 0.717) is 5.69 Å². The summed E-state index contributed by atoms with van der Waals surface area (Å²) in [5.41, 5.74) is 0.512. The number of aromatic carboxylic acids is 1. The number of furan rings is 1. The van der Waals surface area contributed by atoms with Crippen LogP contribution in [0, 0.1) is 6.92 Å². The first-order valence-electron chi connectivity index (χ1n) is 6.29. The summed E-state index contributed by atoms with van der Waals surface area (Å²) < 4.78 is 31.6. The summed E-state index contributed by atoms with van der Waals surface area (Å²) in [6, 6.07) is 9.65. The number of sulfonamides is 1. The molecule has 0 spiro atoms. The Bertz CT molecular complexity index is 749. The Morgan fingerprint density at radius 1 is 1.29 bits per heavy atom. The standard InChI is InChI=1S/C14H15NO5S/c1-3-15(11-7-5-4-6-8-11)21(18,19)13-9-12(14(16)17)20-10(13)2/h4-9H,3H2,1-2H3,(H,16,17). The zero-order chi connectivity index (χ0) is 15.6. The number of carbonyl (C=O) groups is 1. The molecule has 0 bridgehead atoms. The molecule has 1 aromatic carbocycles. The van der Waals surface area contributed by atoms with Crippen molar-refractivity contribution in [2.75, 3.05) is 10.8 Å². The molecule has 0 saturated carbocycles. The summed E-state index contributed by atoms with van der Waals surface area (Å²) >= 11 is 0. The maximum absolute atomic E-state index is 12.7. The van der Waals surface area contributed by atoms with Crippen LogP contribution < -0.4 is 4.31 Å². The Morgan fingerprint density at radius 3 is 2.38 bits per heavy atom. The molecule has 112 valence electrons. The smallest absolute Gasteiger partial charge is 0.371 e. The van der Waals surface area contributed by atoms with Crippen molar-refractivity contribution in [1.29, 1.82) is 0 Å². The van der Waals surface area contributed by atoms with E-state index in [1.807, 2.05) is 0 Å². The predicted octanol–water partition coefficient (Wildman–Crippen LogP) is 2.50. The van der Waals surface area contributed by atoms with E-state index in [1.54, 1.807) is 37.3 Å². The molecule has 1 N–H and O–H groups in total. The van der Waals surface area contributed by atoms with Crippen LogP contribution in [0.4, 0.5) is 5.69 Å². The van der Waals surface area contributed by atoms with E-state index in [0.717, 1.165) is 6.07 Å². The molecule has 0 aliphatic carbocycles. The highest BCUT2D eigenvalue weighted by Crippen LogP contribution is 2.27. The van der Waals surface area contributed by atoms with Crippen molar-refractivity contribution in [3.05, 3.63) is 47.9 Å². The highest BCUT2D eigenvalue weighted by Gasteiger charge is 2.29. The van der Waals surface area contributed by atoms with Crippen molar-refractivity contribution in [2.24, 2.45) is 0 Å². The van der Waals surface area contributed by atoms with Gasteiger partial charge in [-0.1, -0.05) is 18.2 Å². The van der Waals surface area contributed by atoms with E-state index >= 15 is 0 Å². The first-order valence-corrected chi connectivity index (χ1v) is 7.73. The molecule has 0 fully saturated rings. The highest BCUT2D eigenvalue weighted by molar-refractivity contribution is 7.92. The molecule has 0 aliphatic heterocycles. The number of hydrogen-bond donors (Lipinski definition) is 1. The Kier molecular flexibility index (Phi) is 4.04. The molecule has 0 unspecified atom stereocenters. The lowest BCUT2D eigenvalue weighted by molar-refractivity contribution is 0.0661. The van der Waals surface area contributed by atoms with Gasteiger partial charge in [0.15, 0.2) is 0 Å². The summed E-state index contributed by atoms with van der Waals surface area (Å²) in [5.74, 6) is -1.64. The maximum Gasteiger partial charge on any atom is 0.371 e. The first-order chi connectivity index (χ1) is 9.87. The van der Waals surface area contributed by atoms with E-state index in [9.17, 15) is 13.2 Å². The lowest BCUT2D eigenvalue weighted by Gasteiger charge is -2.22. The first kappa shape index (κ1) is 15.1. The van der Waals surface area contributed by atoms with Crippen molar-refractivity contribution in [3.8, 4) is 0 Å². The number of nitrogens with zero attached hydrogens (tertiary/aromatic N) is 1. The van der Waals surface area contributed by atoms with Gasteiger partial charge in [-0.2, -0.15) is 0 Å². The number of carboxylic acid groups (broad SMARTS) is 1. The fraction of sp³-hybridized carbons (Fsp3) is 0.214. The Hall–Kier alpha value is -2.28. The fourth-order valence-electron chi connectivity index (χ4n) is 2.03. The third-order valence-corrected chi connectivity index (χ3v) is 4.99. The van der Waals surface area contributed by atoms with Crippen molar-refractivity contribution >= 4 is 21.7 Å². The molecule has 0 amide bonds. The van der Waals surface area contributed by atoms with E-state index in [1.165, 1.54) is 11.2 Å². The van der Waals surface area contributed by atoms with Crippen LogP contribution in [0.5, 0.6) is 0 Å². The normalized spacial score (nSPS) is 11.3. The number of aryl methyl sites for hydroxylation is 1. The molecule has 0 atom stereocenters. The molecule has 2 rings (SSSR count). The fourth-order valence-corrected chi connectivity index (χ4v) is 3.67. The molecule has 1 heterocycles. The summed E-state index contributed by atoms with van der Waals surface area (Å²) in [7, 11) is -3.87. The molecule has 0 radical (unpaired) electrons. The lowest BCUT2D eigenvalue weighted by atomic mass is 10.3. The lowest BCUT2D eigenvalue weighted by Crippen LogP contribution is -2.30. The Morgan fingerprint density at radius 2 is 1.90 bits per heavy atom. The molecule has 7 heteroatoms. The van der Waals surface area contributed by atoms with Gasteiger partial charge in [-0.25, -0.2) is 13.2 Å². The molecular weight excluding hydrogens is 294 g/mol. The summed E-state index contributed by atoms with van der Waals surface area (Å²) in [6.45, 7) is 3.36. The summed E-state index contributed by atoms with van der Waals surface area (Å²) in [4.78, 5) is 10.8. The van der Waals surface area contributed by atoms with Crippen LogP contribution in [0.2, 0.25) is 0 Å². The third-order valence-electron chi connectivity index (χ3n) is 2.98. The van der Waals surface area contributed by atoms with E-state index in [2.05, 4.69) is 0 Å². The molecular formula is C14H15NO5S. The van der Waals surface area contributed by atoms with Gasteiger partial charge in [-0.3, -0.25) is 4.31 Å². The molecule has 2 aromatic rings. The van der Waals surface area contributed by atoms with E-state index in [-0.39, 0.29) is 17.2 Å². The zero-order valence-corrected chi connectivity index (χ0v) is 12.4. The Balaban J connectivity index is 2.52. The largest absolute Gasteiger partial charge is 0.475 e. The second-order valence-corrected chi connectivity index (χ2v) is 6.17. The quantitative estimate of drug-likeness (QED) is 0.916. The second-order valence-electron chi connectivity index (χ2n) is 4.34. The number of carboxylic acids is 1. The van der Waals surface area contributed by atoms with E-state index < -0.39 is 21.8 Å². The second kappa shape index (κ2) is 5.61. The van der Waals surface area contributed by atoms with Gasteiger partial charge in [0.2, 0.25) is 5.76 Å². The van der Waals surface area contributed by atoms with Crippen LogP contribution in [0.3, 0.4) is 0 Å². The number of rotatable bonds is 5. The van der Waals surface area contributed by atoms with Crippen molar-refractivity contribution in [1.82, 2.24) is 0 Å². The van der Waals surface area contributed by atoms with Gasteiger partial charge in [-0.05, 0) is 26.0 Å². The average Bonchev–Trinajstić information content (AvgIpc) is 2.83. The number of para-hydroxylation sites is 1. The maximum atomic E-state index is 12.7. The van der Waals surface area contributed by atoms with Crippen LogP contribution in [0.15, 0.2) is 45.7 Å². The van der Waals surface area contributed by atoms with Crippen LogP contribution in [-0.2, 0) is 10.0 Å². The average molecular weight is 309 g/mol. The van der Waals surface area contributed by atoms with Crippen LogP contribution in [-0.4, -0.2) is 26.0 Å². The van der Waals surface area contributed by atoms with Gasteiger partial charge in [0.1, 0.15) is 10.7 Å². The monoisotopic (exact) mass is 309 g/mol. The van der Waals surface area contributed by atoms with Gasteiger partial charge in [0.25, 0.3) is 10.0 Å². The van der Waals surface area contributed by atoms with Crippen molar-refractivity contribution in [2.45, 2.75) is 18.7 Å². The molecule has 21 heavy (non-hydrogen) atoms. The molecule has 0 aliphatic rings. The number of anilines is 1. The van der Waals surface area contributed by atoms with Crippen molar-refractivity contribution in [3.63, 3.8) is 0 Å². The summed E-state index contributed by atoms with van der Waals surface area (Å²) in [5, 5.41) is 8.90. The molecule has 0 saturated heterocycles. The van der Waals surface area contributed by atoms with Crippen LogP contribution >= 0.6 is 0 Å². The third kappa shape index (κ3) is 2.78. The van der Waals surface area contributed by atoms with Crippen LogP contribution in [0.1, 0.15) is 23.2 Å². The van der Waals surface area contributed by atoms with Gasteiger partial charge in [-0.15, -0.1) is 0 Å². The van der Waals surface area contributed by atoms with Crippen LogP contribution in [0.25, 0.3) is 0 Å². The minimum atomic E-state index is -3.87. The van der Waals surface area contributed by atoms with E-state index in [4.69, 9.17) is 9.52 Å². The molecule has 1 aromatic heterocycles. The topological polar surface area (TPSA) is 87.8 Å². The Labute approximate surface area is 122 Å². The minimum Gasteiger partial charge on any atom is -0.475 e. The van der Waals surface area contributed by atoms with Crippen molar-refractivity contribution < 1.29 is 22.7 Å².